The summed E-state index contributed by atoms with van der Waals surface area (Å²) in [6.45, 7) is -0.0494. The van der Waals surface area contributed by atoms with Crippen LogP contribution in [0.1, 0.15) is 0 Å². The number of halogens is 1. The second-order valence-electron chi connectivity index (χ2n) is 3.60. The Kier molecular flexibility index (Phi) is 4.85. The number of hydrogen-bond acceptors (Lipinski definition) is 5. The Balaban J connectivity index is 2.99. The van der Waals surface area contributed by atoms with Crippen LogP contribution in [0.4, 0.5) is 10.1 Å². The smallest absolute Gasteiger partial charge is 0.238 e. The van der Waals surface area contributed by atoms with Gasteiger partial charge in [-0.15, -0.1) is 0 Å². The Morgan fingerprint density at radius 2 is 1.95 bits per heavy atom. The van der Waals surface area contributed by atoms with Crippen molar-refractivity contribution in [1.29, 1.82) is 0 Å². The first-order valence-electron chi connectivity index (χ1n) is 4.97. The maximum atomic E-state index is 13.6. The van der Waals surface area contributed by atoms with E-state index in [1.54, 1.807) is 0 Å². The molecule has 0 aliphatic heterocycles. The number of rotatable bonds is 6. The molecular formula is C9H13FN2O5S2. The summed E-state index contributed by atoms with van der Waals surface area (Å²) in [5.74, 6) is -1.38. The van der Waals surface area contributed by atoms with E-state index in [0.29, 0.717) is 6.07 Å². The van der Waals surface area contributed by atoms with Crippen LogP contribution >= 0.6 is 0 Å². The molecule has 0 unspecified atom stereocenters. The Morgan fingerprint density at radius 3 is 2.42 bits per heavy atom. The number of methoxy groups -OCH3 is 1. The average Bonchev–Trinajstić information content (AvgIpc) is 2.27. The maximum Gasteiger partial charge on any atom is 0.238 e. The number of nitrogens with two attached hydrogens (primary N) is 1. The van der Waals surface area contributed by atoms with E-state index in [9.17, 15) is 21.2 Å². The van der Waals surface area contributed by atoms with Gasteiger partial charge in [-0.1, -0.05) is 0 Å². The Bertz CT molecular complexity index is 657. The number of nitrogens with one attached hydrogen (secondary N) is 1. The molecule has 0 aromatic heterocycles. The van der Waals surface area contributed by atoms with Gasteiger partial charge in [-0.2, -0.15) is 0 Å². The second-order valence-corrected chi connectivity index (χ2v) is 7.00. The third kappa shape index (κ3) is 4.74. The fourth-order valence-corrected chi connectivity index (χ4v) is 2.68. The molecule has 1 aromatic carbocycles. The first-order chi connectivity index (χ1) is 8.65. The molecule has 0 aliphatic carbocycles. The number of primary sulfonamides is 1. The molecule has 0 spiro atoms. The van der Waals surface area contributed by atoms with Crippen LogP contribution in [0.25, 0.3) is 0 Å². The van der Waals surface area contributed by atoms with E-state index in [1.807, 2.05) is 4.72 Å². The van der Waals surface area contributed by atoms with E-state index >= 15 is 0 Å². The standard InChI is InChI=1S/C9H13FN2O5S2/c1-17-4-5-18(13,14)12-9-3-2-7(6-8(9)10)19(11,15)16/h2-3,6,12H,4-5H2,1H3,(H2,11,15,16). The Hall–Kier alpha value is -1.23. The summed E-state index contributed by atoms with van der Waals surface area (Å²) in [6, 6.07) is 2.63. The van der Waals surface area contributed by atoms with E-state index in [0.717, 1.165) is 12.1 Å². The zero-order chi connectivity index (χ0) is 14.7. The van der Waals surface area contributed by atoms with Gasteiger partial charge in [0.15, 0.2) is 0 Å². The van der Waals surface area contributed by atoms with Crippen molar-refractivity contribution in [2.24, 2.45) is 5.14 Å². The highest BCUT2D eigenvalue weighted by Crippen LogP contribution is 2.19. The molecule has 108 valence electrons. The van der Waals surface area contributed by atoms with Crippen molar-refractivity contribution < 1.29 is 26.0 Å². The molecule has 0 radical (unpaired) electrons. The minimum absolute atomic E-state index is 0.0494. The molecule has 0 heterocycles. The SMILES string of the molecule is COCCS(=O)(=O)Nc1ccc(S(N)(=O)=O)cc1F. The highest BCUT2D eigenvalue weighted by molar-refractivity contribution is 7.92. The molecule has 0 atom stereocenters. The molecule has 0 amide bonds. The Morgan fingerprint density at radius 1 is 1.32 bits per heavy atom. The van der Waals surface area contributed by atoms with Gasteiger partial charge in [-0.05, 0) is 18.2 Å². The molecule has 3 N–H and O–H groups in total. The van der Waals surface area contributed by atoms with Crippen LogP contribution in [0.3, 0.4) is 0 Å². The summed E-state index contributed by atoms with van der Waals surface area (Å²) in [6.07, 6.45) is 0. The lowest BCUT2D eigenvalue weighted by molar-refractivity contribution is 0.217. The lowest BCUT2D eigenvalue weighted by atomic mass is 10.3. The van der Waals surface area contributed by atoms with E-state index in [-0.39, 0.29) is 18.0 Å². The van der Waals surface area contributed by atoms with Crippen LogP contribution in [-0.2, 0) is 24.8 Å². The maximum absolute atomic E-state index is 13.6. The normalized spacial score (nSPS) is 12.4. The van der Waals surface area contributed by atoms with Crippen LogP contribution in [0, 0.1) is 5.82 Å². The molecule has 0 aliphatic rings. The molecule has 1 rings (SSSR count). The number of anilines is 1. The third-order valence-electron chi connectivity index (χ3n) is 2.09. The van der Waals surface area contributed by atoms with Crippen molar-refractivity contribution >= 4 is 25.7 Å². The predicted molar refractivity (Wildman–Crippen MR) is 67.1 cm³/mol. The van der Waals surface area contributed by atoms with Crippen LogP contribution < -0.4 is 9.86 Å². The summed E-state index contributed by atoms with van der Waals surface area (Å²) >= 11 is 0. The van der Waals surface area contributed by atoms with Gasteiger partial charge in [-0.3, -0.25) is 4.72 Å². The third-order valence-corrected chi connectivity index (χ3v) is 4.24. The summed E-state index contributed by atoms with van der Waals surface area (Å²) < 4.78 is 65.1. The molecule has 0 saturated carbocycles. The molecule has 1 aromatic rings. The van der Waals surface area contributed by atoms with Gasteiger partial charge in [-0.25, -0.2) is 26.4 Å². The van der Waals surface area contributed by atoms with E-state index < -0.39 is 30.8 Å². The quantitative estimate of drug-likeness (QED) is 0.758. The minimum atomic E-state index is -4.04. The van der Waals surface area contributed by atoms with E-state index in [4.69, 9.17) is 5.14 Å². The second kappa shape index (κ2) is 5.82. The Labute approximate surface area is 110 Å². The van der Waals surface area contributed by atoms with Crippen molar-refractivity contribution in [3.05, 3.63) is 24.0 Å². The zero-order valence-electron chi connectivity index (χ0n) is 9.96. The van der Waals surface area contributed by atoms with Crippen LogP contribution in [0.2, 0.25) is 0 Å². The summed E-state index contributed by atoms with van der Waals surface area (Å²) in [5.41, 5.74) is -0.358. The monoisotopic (exact) mass is 312 g/mol. The topological polar surface area (TPSA) is 116 Å². The number of benzene rings is 1. The highest BCUT2D eigenvalue weighted by Gasteiger charge is 2.16. The molecule has 0 fully saturated rings. The van der Waals surface area contributed by atoms with Gasteiger partial charge in [0.2, 0.25) is 20.0 Å². The van der Waals surface area contributed by atoms with E-state index in [2.05, 4.69) is 4.74 Å². The predicted octanol–water partition coefficient (Wildman–Crippen LogP) is -0.139. The minimum Gasteiger partial charge on any atom is -0.384 e. The summed E-state index contributed by atoms with van der Waals surface area (Å²) in [7, 11) is -6.47. The summed E-state index contributed by atoms with van der Waals surface area (Å²) in [4.78, 5) is -0.440. The first-order valence-corrected chi connectivity index (χ1v) is 8.17. The van der Waals surface area contributed by atoms with Crippen molar-refractivity contribution in [3.8, 4) is 0 Å². The van der Waals surface area contributed by atoms with Gasteiger partial charge in [0, 0.05) is 7.11 Å². The number of sulfonamides is 2. The average molecular weight is 312 g/mol. The fraction of sp³-hybridized carbons (Fsp3) is 0.333. The number of hydrogen-bond donors (Lipinski definition) is 2. The lowest BCUT2D eigenvalue weighted by Crippen LogP contribution is -2.20. The number of ether oxygens (including phenoxy) is 1. The van der Waals surface area contributed by atoms with Gasteiger partial charge in [0.1, 0.15) is 5.82 Å². The van der Waals surface area contributed by atoms with Crippen molar-refractivity contribution in [3.63, 3.8) is 0 Å². The first kappa shape index (κ1) is 15.8. The van der Waals surface area contributed by atoms with Crippen LogP contribution in [0.15, 0.2) is 23.1 Å². The molecule has 7 nitrogen and oxygen atoms in total. The van der Waals surface area contributed by atoms with Crippen molar-refractivity contribution in [2.75, 3.05) is 24.2 Å². The van der Waals surface area contributed by atoms with Crippen molar-refractivity contribution in [1.82, 2.24) is 0 Å². The molecule has 0 bridgehead atoms. The highest BCUT2D eigenvalue weighted by atomic mass is 32.2. The van der Waals surface area contributed by atoms with Gasteiger partial charge in [0.25, 0.3) is 0 Å². The van der Waals surface area contributed by atoms with Gasteiger partial charge < -0.3 is 4.74 Å². The molecular weight excluding hydrogens is 299 g/mol. The van der Waals surface area contributed by atoms with Gasteiger partial charge >= 0.3 is 0 Å². The van der Waals surface area contributed by atoms with Crippen molar-refractivity contribution in [2.45, 2.75) is 4.90 Å². The molecule has 10 heteroatoms. The van der Waals surface area contributed by atoms with Crippen LogP contribution in [0.5, 0.6) is 0 Å². The fourth-order valence-electron chi connectivity index (χ4n) is 1.17. The van der Waals surface area contributed by atoms with Crippen LogP contribution in [-0.4, -0.2) is 36.3 Å². The summed E-state index contributed by atoms with van der Waals surface area (Å²) in [5, 5.41) is 4.82. The van der Waals surface area contributed by atoms with Gasteiger partial charge in [0.05, 0.1) is 22.9 Å². The zero-order valence-corrected chi connectivity index (χ0v) is 11.6. The lowest BCUT2D eigenvalue weighted by Gasteiger charge is -2.09. The molecule has 0 saturated heterocycles. The largest absolute Gasteiger partial charge is 0.384 e. The molecule has 19 heavy (non-hydrogen) atoms. The van der Waals surface area contributed by atoms with E-state index in [1.165, 1.54) is 7.11 Å².